The summed E-state index contributed by atoms with van der Waals surface area (Å²) in [6, 6.07) is 4.43. The molecule has 2 aliphatic rings. The lowest BCUT2D eigenvalue weighted by Crippen LogP contribution is -2.45. The fourth-order valence-corrected chi connectivity index (χ4v) is 4.22. The largest absolute Gasteiger partial charge is 0.573 e. The van der Waals surface area contributed by atoms with E-state index in [1.54, 1.807) is 4.57 Å². The molecule has 1 aromatic heterocycles. The molecule has 27 heavy (non-hydrogen) atoms. The molecule has 3 heterocycles. The molecule has 0 amide bonds. The van der Waals surface area contributed by atoms with E-state index in [4.69, 9.17) is 4.74 Å². The van der Waals surface area contributed by atoms with Gasteiger partial charge in [0.1, 0.15) is 5.75 Å². The molecule has 2 aliphatic heterocycles. The fraction of sp³-hybridized carbons (Fsp3) is 0.611. The summed E-state index contributed by atoms with van der Waals surface area (Å²) >= 11 is 0. The summed E-state index contributed by atoms with van der Waals surface area (Å²) < 4.78 is 48.5. The van der Waals surface area contributed by atoms with Crippen LogP contribution in [-0.2, 0) is 4.74 Å². The number of aromatic amines is 1. The van der Waals surface area contributed by atoms with Crippen molar-refractivity contribution in [3.05, 3.63) is 28.7 Å². The first-order chi connectivity index (χ1) is 12.9. The maximum atomic E-state index is 12.5. The lowest BCUT2D eigenvalue weighted by molar-refractivity contribution is -0.274. The van der Waals surface area contributed by atoms with E-state index in [0.29, 0.717) is 17.1 Å². The van der Waals surface area contributed by atoms with Crippen LogP contribution in [0.5, 0.6) is 5.75 Å². The van der Waals surface area contributed by atoms with E-state index in [-0.39, 0.29) is 17.5 Å². The first kappa shape index (κ1) is 18.4. The number of ether oxygens (including phenoxy) is 2. The summed E-state index contributed by atoms with van der Waals surface area (Å²) in [5.41, 5.74) is 0.673. The lowest BCUT2D eigenvalue weighted by Gasteiger charge is -2.39. The van der Waals surface area contributed by atoms with Crippen molar-refractivity contribution in [3.63, 3.8) is 0 Å². The molecule has 0 spiro atoms. The quantitative estimate of drug-likeness (QED) is 0.882. The molecule has 0 atom stereocenters. The number of nitrogens with zero attached hydrogens (tertiary/aromatic N) is 2. The second kappa shape index (κ2) is 7.20. The molecule has 9 heteroatoms. The van der Waals surface area contributed by atoms with Gasteiger partial charge < -0.3 is 19.4 Å². The number of imidazole rings is 1. The van der Waals surface area contributed by atoms with Crippen molar-refractivity contribution in [1.82, 2.24) is 14.5 Å². The summed E-state index contributed by atoms with van der Waals surface area (Å²) in [5, 5.41) is 0. The second-order valence-electron chi connectivity index (χ2n) is 7.14. The van der Waals surface area contributed by atoms with Gasteiger partial charge in [-0.1, -0.05) is 0 Å². The molecule has 0 radical (unpaired) electrons. The Balaban J connectivity index is 1.54. The summed E-state index contributed by atoms with van der Waals surface area (Å²) in [6.07, 6.45) is -1.14. The highest BCUT2D eigenvalue weighted by atomic mass is 19.4. The van der Waals surface area contributed by atoms with Gasteiger partial charge >= 0.3 is 12.1 Å². The van der Waals surface area contributed by atoms with Crippen LogP contribution in [0.3, 0.4) is 0 Å². The number of aromatic nitrogens is 2. The maximum Gasteiger partial charge on any atom is 0.573 e. The maximum absolute atomic E-state index is 12.5. The van der Waals surface area contributed by atoms with E-state index in [1.807, 2.05) is 0 Å². The van der Waals surface area contributed by atoms with E-state index in [9.17, 15) is 18.0 Å². The van der Waals surface area contributed by atoms with Crippen LogP contribution >= 0.6 is 0 Å². The molecule has 2 saturated heterocycles. The number of hydrogen-bond acceptors (Lipinski definition) is 4. The lowest BCUT2D eigenvalue weighted by atomic mass is 9.99. The van der Waals surface area contributed by atoms with Gasteiger partial charge in [-0.25, -0.2) is 4.79 Å². The highest BCUT2D eigenvalue weighted by molar-refractivity contribution is 5.77. The molecule has 0 unspecified atom stereocenters. The Morgan fingerprint density at radius 3 is 2.44 bits per heavy atom. The number of hydrogen-bond donors (Lipinski definition) is 1. The van der Waals surface area contributed by atoms with Crippen LogP contribution in [0.2, 0.25) is 0 Å². The van der Waals surface area contributed by atoms with Crippen molar-refractivity contribution in [1.29, 1.82) is 0 Å². The summed E-state index contributed by atoms with van der Waals surface area (Å²) in [6.45, 7) is 3.31. The molecule has 0 aliphatic carbocycles. The van der Waals surface area contributed by atoms with Crippen LogP contribution in [0.1, 0.15) is 31.7 Å². The zero-order valence-electron chi connectivity index (χ0n) is 14.8. The third-order valence-corrected chi connectivity index (χ3v) is 5.49. The molecule has 1 aromatic carbocycles. The first-order valence-corrected chi connectivity index (χ1v) is 9.22. The zero-order chi connectivity index (χ0) is 19.0. The van der Waals surface area contributed by atoms with Crippen molar-refractivity contribution >= 4 is 11.0 Å². The normalized spacial score (nSPS) is 21.0. The third kappa shape index (κ3) is 3.98. The van der Waals surface area contributed by atoms with Gasteiger partial charge in [0.25, 0.3) is 0 Å². The van der Waals surface area contributed by atoms with E-state index >= 15 is 0 Å². The SMILES string of the molecule is O=c1[nH]c2ccc(OC(F)(F)F)cc2n1C1CCN(C2CCOCC2)CC1. The van der Waals surface area contributed by atoms with Gasteiger partial charge in [0, 0.05) is 44.5 Å². The van der Waals surface area contributed by atoms with Crippen molar-refractivity contribution < 1.29 is 22.6 Å². The van der Waals surface area contributed by atoms with Crippen molar-refractivity contribution in [3.8, 4) is 5.75 Å². The Morgan fingerprint density at radius 2 is 1.78 bits per heavy atom. The number of piperidine rings is 1. The number of nitrogens with one attached hydrogen (secondary N) is 1. The number of fused-ring (bicyclic) bond motifs is 1. The topological polar surface area (TPSA) is 59.5 Å². The van der Waals surface area contributed by atoms with E-state index in [1.165, 1.54) is 18.2 Å². The Morgan fingerprint density at radius 1 is 1.07 bits per heavy atom. The van der Waals surface area contributed by atoms with Gasteiger partial charge in [-0.2, -0.15) is 0 Å². The van der Waals surface area contributed by atoms with Crippen LogP contribution in [0.15, 0.2) is 23.0 Å². The Labute approximate surface area is 153 Å². The monoisotopic (exact) mass is 385 g/mol. The highest BCUT2D eigenvalue weighted by Gasteiger charge is 2.32. The van der Waals surface area contributed by atoms with E-state index in [2.05, 4.69) is 14.6 Å². The number of benzene rings is 1. The van der Waals surface area contributed by atoms with Crippen molar-refractivity contribution in [2.24, 2.45) is 0 Å². The van der Waals surface area contributed by atoms with Gasteiger partial charge in [0.15, 0.2) is 0 Å². The van der Waals surface area contributed by atoms with Gasteiger partial charge in [0.2, 0.25) is 0 Å². The van der Waals surface area contributed by atoms with Gasteiger partial charge in [-0.05, 0) is 37.8 Å². The molecule has 148 valence electrons. The number of rotatable bonds is 3. The molecule has 1 N–H and O–H groups in total. The predicted molar refractivity (Wildman–Crippen MR) is 92.9 cm³/mol. The molecule has 0 bridgehead atoms. The van der Waals surface area contributed by atoms with Crippen LogP contribution < -0.4 is 10.4 Å². The number of halogens is 3. The molecule has 2 fully saturated rings. The average Bonchev–Trinajstić information content (AvgIpc) is 2.96. The molecular formula is C18H22F3N3O3. The number of likely N-dealkylation sites (tertiary alicyclic amines) is 1. The van der Waals surface area contributed by atoms with Gasteiger partial charge in [0.05, 0.1) is 11.0 Å². The van der Waals surface area contributed by atoms with Gasteiger partial charge in [-0.15, -0.1) is 13.2 Å². The minimum atomic E-state index is -4.76. The molecule has 4 rings (SSSR count). The van der Waals surface area contributed by atoms with Crippen molar-refractivity contribution in [2.45, 2.75) is 44.1 Å². The molecule has 0 saturated carbocycles. The summed E-state index contributed by atoms with van der Waals surface area (Å²) in [4.78, 5) is 17.6. The minimum absolute atomic E-state index is 0.0384. The summed E-state index contributed by atoms with van der Waals surface area (Å²) in [7, 11) is 0. The van der Waals surface area contributed by atoms with Crippen molar-refractivity contribution in [2.75, 3.05) is 26.3 Å². The smallest absolute Gasteiger partial charge is 0.406 e. The number of H-pyrrole nitrogens is 1. The summed E-state index contributed by atoms with van der Waals surface area (Å²) in [5.74, 6) is -0.317. The molecule has 2 aromatic rings. The first-order valence-electron chi connectivity index (χ1n) is 9.22. The second-order valence-corrected chi connectivity index (χ2v) is 7.14. The van der Waals surface area contributed by atoms with E-state index < -0.39 is 6.36 Å². The minimum Gasteiger partial charge on any atom is -0.406 e. The third-order valence-electron chi connectivity index (χ3n) is 5.49. The van der Waals surface area contributed by atoms with Crippen LogP contribution in [-0.4, -0.2) is 53.2 Å². The Kier molecular flexibility index (Phi) is 4.90. The highest BCUT2D eigenvalue weighted by Crippen LogP contribution is 2.30. The van der Waals surface area contributed by atoms with Crippen LogP contribution in [0.25, 0.3) is 11.0 Å². The van der Waals surface area contributed by atoms with Gasteiger partial charge in [-0.3, -0.25) is 4.57 Å². The fourth-order valence-electron chi connectivity index (χ4n) is 4.22. The van der Waals surface area contributed by atoms with E-state index in [0.717, 1.165) is 52.0 Å². The predicted octanol–water partition coefficient (Wildman–Crippen LogP) is 3.04. The Hall–Kier alpha value is -2.00. The molecule has 6 nitrogen and oxygen atoms in total. The average molecular weight is 385 g/mol. The zero-order valence-corrected chi connectivity index (χ0v) is 14.8. The van der Waals surface area contributed by atoms with Crippen LogP contribution in [0.4, 0.5) is 13.2 Å². The standard InChI is InChI=1S/C18H22F3N3O3/c19-18(20,21)27-14-1-2-15-16(11-14)24(17(25)22-15)13-3-7-23(8-4-13)12-5-9-26-10-6-12/h1-2,11-13H,3-10H2,(H,22,25). The Bertz CT molecular complexity index is 847. The van der Waals surface area contributed by atoms with Crippen LogP contribution in [0, 0.1) is 0 Å². The molecular weight excluding hydrogens is 363 g/mol. The number of alkyl halides is 3.